The average molecular weight is 749 g/mol. The van der Waals surface area contributed by atoms with E-state index in [4.69, 9.17) is 4.74 Å². The highest BCUT2D eigenvalue weighted by atomic mass is 16.5. The van der Waals surface area contributed by atoms with Crippen molar-refractivity contribution in [1.29, 1.82) is 0 Å². The van der Waals surface area contributed by atoms with E-state index in [1.807, 2.05) is 0 Å². The van der Waals surface area contributed by atoms with Crippen LogP contribution in [-0.4, -0.2) is 0 Å². The molecule has 2 heterocycles. The molecule has 2 aliphatic heterocycles. The van der Waals surface area contributed by atoms with Crippen LogP contribution >= 0.6 is 0 Å². The summed E-state index contributed by atoms with van der Waals surface area (Å²) in [6.45, 7) is 11.7. The molecule has 3 heteroatoms. The summed E-state index contributed by atoms with van der Waals surface area (Å²) in [6, 6.07) is 64.4. The molecule has 8 aromatic rings. The van der Waals surface area contributed by atoms with Crippen molar-refractivity contribution in [2.75, 3.05) is 9.80 Å². The summed E-state index contributed by atoms with van der Waals surface area (Å²) in [4.78, 5) is 4.90. The lowest BCUT2D eigenvalue weighted by Gasteiger charge is -2.46. The van der Waals surface area contributed by atoms with Crippen LogP contribution in [0.3, 0.4) is 0 Å². The molecule has 0 amide bonds. The number of fused-ring (bicyclic) bond motifs is 7. The second kappa shape index (κ2) is 12.6. The van der Waals surface area contributed by atoms with Gasteiger partial charge < -0.3 is 14.5 Å². The molecule has 1 aliphatic carbocycles. The second-order valence-electron chi connectivity index (χ2n) is 17.1. The minimum Gasteiger partial charge on any atom is -0.453 e. The molecule has 0 aromatic heterocycles. The largest absolute Gasteiger partial charge is 0.453 e. The molecule has 0 unspecified atom stereocenters. The van der Waals surface area contributed by atoms with Gasteiger partial charge in [0.15, 0.2) is 11.5 Å². The number of anilines is 6. The molecule has 3 nitrogen and oxygen atoms in total. The molecule has 0 spiro atoms. The smallest absolute Gasteiger partial charge is 0.153 e. The van der Waals surface area contributed by atoms with E-state index >= 15 is 0 Å². The van der Waals surface area contributed by atoms with Crippen molar-refractivity contribution in [3.05, 3.63) is 204 Å². The third-order valence-corrected chi connectivity index (χ3v) is 12.9. The van der Waals surface area contributed by atoms with Gasteiger partial charge in [-0.3, -0.25) is 0 Å². The summed E-state index contributed by atoms with van der Waals surface area (Å²) < 4.78 is 7.04. The second-order valence-corrected chi connectivity index (χ2v) is 17.1. The topological polar surface area (TPSA) is 15.7 Å². The van der Waals surface area contributed by atoms with Crippen molar-refractivity contribution in [2.45, 2.75) is 45.4 Å². The summed E-state index contributed by atoms with van der Waals surface area (Å²) in [6.07, 6.45) is 0. The number of ether oxygens (including phenoxy) is 1. The Morgan fingerprint density at radius 1 is 0.414 bits per heavy atom. The van der Waals surface area contributed by atoms with Gasteiger partial charge in [0.25, 0.3) is 0 Å². The highest BCUT2D eigenvalue weighted by molar-refractivity contribution is 5.97. The van der Waals surface area contributed by atoms with Crippen LogP contribution in [0.1, 0.15) is 55.5 Å². The van der Waals surface area contributed by atoms with E-state index in [1.54, 1.807) is 0 Å². The molecular weight excluding hydrogens is 705 g/mol. The fraction of sp³-hybridized carbons (Fsp3) is 0.127. The first-order chi connectivity index (χ1) is 28.2. The van der Waals surface area contributed by atoms with Crippen LogP contribution in [0.25, 0.3) is 33.4 Å². The maximum atomic E-state index is 7.04. The van der Waals surface area contributed by atoms with Gasteiger partial charge >= 0.3 is 0 Å². The van der Waals surface area contributed by atoms with Crippen LogP contribution < -0.4 is 14.5 Å². The predicted octanol–water partition coefficient (Wildman–Crippen LogP) is 15.3. The van der Waals surface area contributed by atoms with Gasteiger partial charge in [0.05, 0.1) is 22.7 Å². The summed E-state index contributed by atoms with van der Waals surface area (Å²) in [5, 5.41) is 0. The predicted molar refractivity (Wildman–Crippen MR) is 241 cm³/mol. The Balaban J connectivity index is 1.16. The lowest BCUT2D eigenvalue weighted by atomic mass is 9.72. The van der Waals surface area contributed by atoms with Crippen LogP contribution in [0.4, 0.5) is 34.1 Å². The van der Waals surface area contributed by atoms with Gasteiger partial charge in [-0.25, -0.2) is 0 Å². The molecular formula is C55H44N2O. The summed E-state index contributed by atoms with van der Waals surface area (Å²) >= 11 is 0. The first kappa shape index (κ1) is 34.4. The van der Waals surface area contributed by atoms with Crippen molar-refractivity contribution in [1.82, 2.24) is 0 Å². The van der Waals surface area contributed by atoms with Gasteiger partial charge in [-0.15, -0.1) is 0 Å². The quantitative estimate of drug-likeness (QED) is 0.174. The van der Waals surface area contributed by atoms with E-state index in [-0.39, 0.29) is 10.8 Å². The summed E-state index contributed by atoms with van der Waals surface area (Å²) in [7, 11) is 0. The number of rotatable bonds is 5. The minimum atomic E-state index is -0.362. The van der Waals surface area contributed by atoms with E-state index in [9.17, 15) is 0 Å². The number of hydrogen-bond donors (Lipinski definition) is 0. The van der Waals surface area contributed by atoms with E-state index in [1.165, 1.54) is 66.9 Å². The monoisotopic (exact) mass is 748 g/mol. The minimum absolute atomic E-state index is 0.144. The number of para-hydroxylation sites is 1. The van der Waals surface area contributed by atoms with Crippen LogP contribution in [0.5, 0.6) is 11.5 Å². The third kappa shape index (κ3) is 5.06. The zero-order valence-electron chi connectivity index (χ0n) is 33.5. The number of hydrogen-bond acceptors (Lipinski definition) is 3. The van der Waals surface area contributed by atoms with Gasteiger partial charge in [-0.1, -0.05) is 149 Å². The van der Waals surface area contributed by atoms with Crippen molar-refractivity contribution in [3.8, 4) is 44.9 Å². The van der Waals surface area contributed by atoms with E-state index in [0.717, 1.165) is 39.9 Å². The molecule has 0 N–H and O–H groups in total. The molecule has 0 fully saturated rings. The molecule has 8 aromatic carbocycles. The van der Waals surface area contributed by atoms with Crippen molar-refractivity contribution < 1.29 is 4.74 Å². The summed E-state index contributed by atoms with van der Waals surface area (Å²) in [5.74, 6) is 1.72. The first-order valence-electron chi connectivity index (χ1n) is 20.3. The fourth-order valence-electron chi connectivity index (χ4n) is 9.90. The van der Waals surface area contributed by atoms with Crippen LogP contribution in [0.2, 0.25) is 0 Å². The fourth-order valence-corrected chi connectivity index (χ4v) is 9.90. The molecule has 0 atom stereocenters. The molecule has 11 rings (SSSR count). The van der Waals surface area contributed by atoms with E-state index in [0.29, 0.717) is 0 Å². The van der Waals surface area contributed by atoms with Crippen LogP contribution in [0, 0.1) is 6.92 Å². The SMILES string of the molecule is Cc1cccc2c1N1c3ccc(-c4ccccc4)cc3C(C)(C)c3cc(N(c4cccc(-c5ccccc5)c4)c4ccc5c(c4)C(C)(C)c4ccccc4-5)cc(c31)O2. The lowest BCUT2D eigenvalue weighted by molar-refractivity contribution is 0.471. The molecule has 280 valence electrons. The molecule has 58 heavy (non-hydrogen) atoms. The molecule has 0 bridgehead atoms. The molecule has 0 saturated heterocycles. The molecule has 0 radical (unpaired) electrons. The van der Waals surface area contributed by atoms with Crippen molar-refractivity contribution in [2.24, 2.45) is 0 Å². The highest BCUT2D eigenvalue weighted by Gasteiger charge is 2.43. The van der Waals surface area contributed by atoms with Gasteiger partial charge in [0.1, 0.15) is 0 Å². The van der Waals surface area contributed by atoms with Crippen molar-refractivity contribution >= 4 is 34.1 Å². The maximum absolute atomic E-state index is 7.04. The number of benzene rings is 8. The number of nitrogens with zero attached hydrogens (tertiary/aromatic N) is 2. The Labute approximate surface area is 341 Å². The van der Waals surface area contributed by atoms with Crippen LogP contribution in [-0.2, 0) is 10.8 Å². The van der Waals surface area contributed by atoms with Crippen molar-refractivity contribution in [3.63, 3.8) is 0 Å². The Kier molecular flexibility index (Phi) is 7.46. The Hall–Kier alpha value is -6.84. The third-order valence-electron chi connectivity index (χ3n) is 12.9. The Bertz CT molecular complexity index is 2940. The molecule has 3 aliphatic rings. The summed E-state index contributed by atoms with van der Waals surface area (Å²) in [5.41, 5.74) is 20.0. The zero-order valence-corrected chi connectivity index (χ0v) is 33.5. The average Bonchev–Trinajstić information content (AvgIpc) is 3.48. The van der Waals surface area contributed by atoms with E-state index < -0.39 is 0 Å². The Morgan fingerprint density at radius 3 is 1.81 bits per heavy atom. The van der Waals surface area contributed by atoms with Crippen LogP contribution in [0.15, 0.2) is 176 Å². The van der Waals surface area contributed by atoms with E-state index in [2.05, 4.69) is 220 Å². The first-order valence-corrected chi connectivity index (χ1v) is 20.3. The standard InChI is InChI=1S/C55H44N2O/c1-35-16-14-25-50-52(35)57-49-29-26-39(37-19-10-7-11-20-37)31-47(49)55(4,5)48-33-42(34-51(58-50)53(48)57)56(40-22-15-21-38(30-40)36-17-8-6-9-18-36)41-27-28-44-43-23-12-13-24-45(43)54(2,3)46(44)32-41/h6-34H,1-5H3. The normalized spacial score (nSPS) is 14.7. The number of aryl methyl sites for hydroxylation is 1. The zero-order chi connectivity index (χ0) is 39.3. The van der Waals surface area contributed by atoms with Gasteiger partial charge in [0.2, 0.25) is 0 Å². The van der Waals surface area contributed by atoms with Gasteiger partial charge in [-0.05, 0) is 117 Å². The highest BCUT2D eigenvalue weighted by Crippen LogP contribution is 2.62. The Morgan fingerprint density at radius 2 is 1.03 bits per heavy atom. The lowest BCUT2D eigenvalue weighted by Crippen LogP contribution is -2.33. The van der Waals surface area contributed by atoms with Gasteiger partial charge in [-0.2, -0.15) is 0 Å². The van der Waals surface area contributed by atoms with Gasteiger partial charge in [0, 0.05) is 28.3 Å². The maximum Gasteiger partial charge on any atom is 0.153 e. The molecule has 0 saturated carbocycles.